The van der Waals surface area contributed by atoms with E-state index in [2.05, 4.69) is 231 Å². The molecule has 2 heteroatoms. The number of fused-ring (bicyclic) bond motifs is 6. The third kappa shape index (κ3) is 5.74. The number of benzene rings is 9. The molecule has 0 radical (unpaired) electrons. The first-order chi connectivity index (χ1) is 29.1. The lowest BCUT2D eigenvalue weighted by atomic mass is 9.78. The lowest BCUT2D eigenvalue weighted by molar-refractivity contribution is 0.662. The first-order valence-electron chi connectivity index (χ1n) is 20.4. The average molecular weight is 772 g/mol. The molecule has 1 heterocycles. The van der Waals surface area contributed by atoms with Gasteiger partial charge in [-0.1, -0.05) is 190 Å². The van der Waals surface area contributed by atoms with Crippen LogP contribution in [0, 0.1) is 0 Å². The van der Waals surface area contributed by atoms with Crippen LogP contribution in [0.15, 0.2) is 212 Å². The minimum atomic E-state index is -0.179. The fourth-order valence-electron chi connectivity index (χ4n) is 9.67. The van der Waals surface area contributed by atoms with E-state index in [0.29, 0.717) is 0 Å². The van der Waals surface area contributed by atoms with Gasteiger partial charge in [0.15, 0.2) is 0 Å². The largest absolute Gasteiger partial charge is 0.309 e. The fourth-order valence-corrected chi connectivity index (χ4v) is 10.8. The fraction of sp³-hybridized carbons (Fsp3) is 0.0526. The Morgan fingerprint density at radius 1 is 0.373 bits per heavy atom. The Morgan fingerprint density at radius 2 is 0.898 bits per heavy atom. The topological polar surface area (TPSA) is 3.24 Å². The lowest BCUT2D eigenvalue weighted by Gasteiger charge is -2.32. The van der Waals surface area contributed by atoms with Gasteiger partial charge in [-0.3, -0.25) is 0 Å². The summed E-state index contributed by atoms with van der Waals surface area (Å²) in [6, 6.07) is 78.2. The van der Waals surface area contributed by atoms with Crippen LogP contribution < -0.4 is 4.90 Å². The van der Waals surface area contributed by atoms with E-state index in [1.807, 2.05) is 11.3 Å². The third-order valence-corrected chi connectivity index (χ3v) is 13.4. The second-order valence-electron chi connectivity index (χ2n) is 16.0. The summed E-state index contributed by atoms with van der Waals surface area (Å²) in [6.07, 6.45) is 0. The van der Waals surface area contributed by atoms with Crippen LogP contribution in [-0.2, 0) is 5.41 Å². The van der Waals surface area contributed by atoms with Crippen LogP contribution in [0.25, 0.3) is 75.8 Å². The average Bonchev–Trinajstić information content (AvgIpc) is 3.78. The Bertz CT molecular complexity index is 3190. The SMILES string of the molecule is CC1(C)c2ccccc2-c2cccc(-c3ccccc3N(c3ccc4sc5ccccc5c4c3)c3cccc(-c4ccccc4)c3-c3ccccc3-c3ccccc3)c21. The first-order valence-corrected chi connectivity index (χ1v) is 21.3. The van der Waals surface area contributed by atoms with E-state index in [1.54, 1.807) is 0 Å². The Kier molecular flexibility index (Phi) is 8.43. The molecule has 0 saturated carbocycles. The summed E-state index contributed by atoms with van der Waals surface area (Å²) in [5.74, 6) is 0. The van der Waals surface area contributed by atoms with Crippen LogP contribution in [0.2, 0.25) is 0 Å². The number of para-hydroxylation sites is 1. The zero-order chi connectivity index (χ0) is 39.5. The monoisotopic (exact) mass is 771 g/mol. The van der Waals surface area contributed by atoms with E-state index < -0.39 is 0 Å². The molecule has 1 nitrogen and oxygen atoms in total. The Hall–Kier alpha value is -7.00. The van der Waals surface area contributed by atoms with Crippen LogP contribution in [0.1, 0.15) is 25.0 Å². The highest BCUT2D eigenvalue weighted by atomic mass is 32.1. The van der Waals surface area contributed by atoms with Crippen LogP contribution in [0.3, 0.4) is 0 Å². The number of anilines is 3. The summed E-state index contributed by atoms with van der Waals surface area (Å²) >= 11 is 1.86. The summed E-state index contributed by atoms with van der Waals surface area (Å²) in [5.41, 5.74) is 18.2. The van der Waals surface area contributed by atoms with Gasteiger partial charge in [0.2, 0.25) is 0 Å². The van der Waals surface area contributed by atoms with Gasteiger partial charge in [-0.2, -0.15) is 0 Å². The van der Waals surface area contributed by atoms with Gasteiger partial charge < -0.3 is 4.90 Å². The van der Waals surface area contributed by atoms with Crippen molar-refractivity contribution in [1.82, 2.24) is 0 Å². The number of thiophene rings is 1. The molecule has 0 bridgehead atoms. The molecule has 0 amide bonds. The van der Waals surface area contributed by atoms with E-state index >= 15 is 0 Å². The zero-order valence-corrected chi connectivity index (χ0v) is 33.9. The summed E-state index contributed by atoms with van der Waals surface area (Å²) in [6.45, 7) is 4.78. The zero-order valence-electron chi connectivity index (χ0n) is 33.1. The molecule has 9 aromatic carbocycles. The molecule has 280 valence electrons. The minimum Gasteiger partial charge on any atom is -0.309 e. The van der Waals surface area contributed by atoms with E-state index in [9.17, 15) is 0 Å². The molecule has 1 aliphatic rings. The summed E-state index contributed by atoms with van der Waals surface area (Å²) in [7, 11) is 0. The number of hydrogen-bond donors (Lipinski definition) is 0. The van der Waals surface area contributed by atoms with Gasteiger partial charge in [0.05, 0.1) is 11.4 Å². The first kappa shape index (κ1) is 35.2. The number of hydrogen-bond acceptors (Lipinski definition) is 2. The van der Waals surface area contributed by atoms with Crippen molar-refractivity contribution in [2.24, 2.45) is 0 Å². The van der Waals surface area contributed by atoms with Gasteiger partial charge in [0, 0.05) is 42.4 Å². The summed E-state index contributed by atoms with van der Waals surface area (Å²) < 4.78 is 2.59. The van der Waals surface area contributed by atoms with Crippen LogP contribution in [0.5, 0.6) is 0 Å². The van der Waals surface area contributed by atoms with Crippen molar-refractivity contribution in [2.45, 2.75) is 19.3 Å². The molecule has 0 saturated heterocycles. The molecule has 11 rings (SSSR count). The number of nitrogens with zero attached hydrogens (tertiary/aromatic N) is 1. The van der Waals surface area contributed by atoms with E-state index in [1.165, 1.54) is 86.9 Å². The van der Waals surface area contributed by atoms with Gasteiger partial charge in [-0.25, -0.2) is 0 Å². The quantitative estimate of drug-likeness (QED) is 0.156. The second kappa shape index (κ2) is 14.1. The molecule has 0 atom stereocenters. The maximum Gasteiger partial charge on any atom is 0.0546 e. The highest BCUT2D eigenvalue weighted by Crippen LogP contribution is 2.55. The number of rotatable bonds is 7. The standard InChI is InChI=1S/C57H41NS/c1-57(2)50-31-14-11-24-43(50)47-29-17-30-48(56(47)57)44-25-12-15-32-51(44)58(40-35-36-54-49(37-40)45-26-13-16-34-53(45)59-54)52-33-18-28-42(39-21-7-4-8-22-39)55(52)46-27-10-9-23-41(46)38-19-5-3-6-20-38/h3-37H,1-2H3. The molecule has 0 N–H and O–H groups in total. The Labute approximate surface area is 350 Å². The lowest BCUT2D eigenvalue weighted by Crippen LogP contribution is -2.17. The normalized spacial score (nSPS) is 12.7. The summed E-state index contributed by atoms with van der Waals surface area (Å²) in [4.78, 5) is 2.54. The van der Waals surface area contributed by atoms with Crippen LogP contribution in [-0.4, -0.2) is 0 Å². The summed E-state index contributed by atoms with van der Waals surface area (Å²) in [5, 5.41) is 2.56. The van der Waals surface area contributed by atoms with Gasteiger partial charge in [0.1, 0.15) is 0 Å². The van der Waals surface area contributed by atoms with Crippen molar-refractivity contribution in [1.29, 1.82) is 0 Å². The molecule has 59 heavy (non-hydrogen) atoms. The molecule has 0 spiro atoms. The third-order valence-electron chi connectivity index (χ3n) is 12.3. The maximum absolute atomic E-state index is 2.54. The molecule has 0 fully saturated rings. The Balaban J connectivity index is 1.24. The van der Waals surface area contributed by atoms with Crippen molar-refractivity contribution in [3.8, 4) is 55.6 Å². The van der Waals surface area contributed by atoms with Crippen molar-refractivity contribution in [2.75, 3.05) is 4.90 Å². The van der Waals surface area contributed by atoms with Crippen molar-refractivity contribution < 1.29 is 0 Å². The molecular formula is C57H41NS. The Morgan fingerprint density at radius 3 is 1.68 bits per heavy atom. The van der Waals surface area contributed by atoms with E-state index in [4.69, 9.17) is 0 Å². The van der Waals surface area contributed by atoms with Crippen molar-refractivity contribution in [3.63, 3.8) is 0 Å². The second-order valence-corrected chi connectivity index (χ2v) is 17.1. The molecule has 0 unspecified atom stereocenters. The maximum atomic E-state index is 2.54. The van der Waals surface area contributed by atoms with Gasteiger partial charge in [0.25, 0.3) is 0 Å². The molecule has 0 aliphatic heterocycles. The van der Waals surface area contributed by atoms with Gasteiger partial charge >= 0.3 is 0 Å². The minimum absolute atomic E-state index is 0.179. The highest BCUT2D eigenvalue weighted by Gasteiger charge is 2.38. The predicted molar refractivity (Wildman–Crippen MR) is 253 cm³/mol. The van der Waals surface area contributed by atoms with E-state index in [-0.39, 0.29) is 5.41 Å². The molecular weight excluding hydrogens is 731 g/mol. The van der Waals surface area contributed by atoms with Crippen molar-refractivity contribution in [3.05, 3.63) is 223 Å². The molecule has 1 aromatic heterocycles. The van der Waals surface area contributed by atoms with Crippen LogP contribution in [0.4, 0.5) is 17.1 Å². The smallest absolute Gasteiger partial charge is 0.0546 e. The van der Waals surface area contributed by atoms with Gasteiger partial charge in [-0.05, 0) is 92.0 Å². The van der Waals surface area contributed by atoms with Gasteiger partial charge in [-0.15, -0.1) is 11.3 Å². The predicted octanol–water partition coefficient (Wildman–Crippen LogP) is 16.5. The van der Waals surface area contributed by atoms with Crippen LogP contribution >= 0.6 is 11.3 Å². The molecule has 10 aromatic rings. The highest BCUT2D eigenvalue weighted by molar-refractivity contribution is 7.25. The van der Waals surface area contributed by atoms with Crippen molar-refractivity contribution >= 4 is 48.6 Å². The van der Waals surface area contributed by atoms with E-state index in [0.717, 1.165) is 17.1 Å². The molecule has 1 aliphatic carbocycles.